The third-order valence-corrected chi connectivity index (χ3v) is 3.46. The van der Waals surface area contributed by atoms with E-state index in [-0.39, 0.29) is 18.7 Å². The van der Waals surface area contributed by atoms with Crippen LogP contribution < -0.4 is 5.56 Å². The molecule has 3 rings (SSSR count). The van der Waals surface area contributed by atoms with Crippen LogP contribution in [-0.4, -0.2) is 21.5 Å². The monoisotopic (exact) mass is 292 g/mol. The minimum Gasteiger partial charge on any atom is -0.394 e. The molecule has 0 aliphatic rings. The van der Waals surface area contributed by atoms with Crippen LogP contribution in [0, 0.1) is 0 Å². The number of aliphatic hydroxyl groups excluding tert-OH is 1. The van der Waals surface area contributed by atoms with Crippen LogP contribution in [-0.2, 0) is 6.54 Å². The van der Waals surface area contributed by atoms with Gasteiger partial charge in [-0.25, -0.2) is 4.68 Å². The summed E-state index contributed by atoms with van der Waals surface area (Å²) < 4.78 is 1.28. The maximum atomic E-state index is 12.2. The van der Waals surface area contributed by atoms with Gasteiger partial charge in [-0.3, -0.25) is 4.79 Å². The van der Waals surface area contributed by atoms with E-state index in [4.69, 9.17) is 5.11 Å². The number of hydrogen-bond donors (Lipinski definition) is 1. The summed E-state index contributed by atoms with van der Waals surface area (Å²) in [5, 5.41) is 14.4. The average molecular weight is 292 g/mol. The molecule has 3 aromatic rings. The van der Waals surface area contributed by atoms with Crippen molar-refractivity contribution in [2.75, 3.05) is 6.61 Å². The first kappa shape index (κ1) is 14.2. The lowest BCUT2D eigenvalue weighted by atomic mass is 10.1. The molecule has 0 radical (unpaired) electrons. The first-order valence-corrected chi connectivity index (χ1v) is 7.12. The van der Waals surface area contributed by atoms with Crippen molar-refractivity contribution in [1.29, 1.82) is 0 Å². The molecule has 2 aromatic carbocycles. The topological polar surface area (TPSA) is 55.1 Å². The zero-order valence-electron chi connectivity index (χ0n) is 12.0. The number of aliphatic hydroxyl groups is 1. The Balaban J connectivity index is 1.95. The highest BCUT2D eigenvalue weighted by molar-refractivity contribution is 5.84. The minimum atomic E-state index is -0.176. The van der Waals surface area contributed by atoms with Gasteiger partial charge < -0.3 is 5.11 Å². The second-order valence-corrected chi connectivity index (χ2v) is 4.99. The molecule has 1 heterocycles. The van der Waals surface area contributed by atoms with Gasteiger partial charge in [0.15, 0.2) is 0 Å². The van der Waals surface area contributed by atoms with Gasteiger partial charge in [-0.15, -0.1) is 0 Å². The van der Waals surface area contributed by atoms with Crippen LogP contribution in [0.3, 0.4) is 0 Å². The van der Waals surface area contributed by atoms with E-state index in [2.05, 4.69) is 5.10 Å². The number of hydrogen-bond acceptors (Lipinski definition) is 3. The Bertz CT molecular complexity index is 867. The highest BCUT2D eigenvalue weighted by Gasteiger charge is 2.03. The van der Waals surface area contributed by atoms with E-state index in [1.54, 1.807) is 12.3 Å². The van der Waals surface area contributed by atoms with Crippen LogP contribution in [0.4, 0.5) is 0 Å². The van der Waals surface area contributed by atoms with Gasteiger partial charge >= 0.3 is 0 Å². The fraction of sp³-hybridized carbons (Fsp3) is 0.111. The lowest BCUT2D eigenvalue weighted by molar-refractivity contribution is 0.266. The molecule has 0 atom stereocenters. The van der Waals surface area contributed by atoms with E-state index in [1.165, 1.54) is 4.68 Å². The molecule has 0 aliphatic heterocycles. The highest BCUT2D eigenvalue weighted by atomic mass is 16.3. The van der Waals surface area contributed by atoms with Crippen LogP contribution in [0.2, 0.25) is 0 Å². The number of benzene rings is 2. The van der Waals surface area contributed by atoms with Crippen molar-refractivity contribution in [2.24, 2.45) is 0 Å². The van der Waals surface area contributed by atoms with Crippen molar-refractivity contribution < 1.29 is 5.11 Å². The molecule has 1 N–H and O–H groups in total. The van der Waals surface area contributed by atoms with Crippen LogP contribution in [0.25, 0.3) is 22.9 Å². The van der Waals surface area contributed by atoms with Gasteiger partial charge in [-0.2, -0.15) is 5.10 Å². The first-order chi connectivity index (χ1) is 10.8. The molecule has 1 aromatic heterocycles. The van der Waals surface area contributed by atoms with E-state index in [0.29, 0.717) is 5.39 Å². The lowest BCUT2D eigenvalue weighted by Crippen LogP contribution is -2.24. The molecule has 0 spiro atoms. The highest BCUT2D eigenvalue weighted by Crippen LogP contribution is 2.14. The average Bonchev–Trinajstić information content (AvgIpc) is 2.56. The van der Waals surface area contributed by atoms with E-state index in [0.717, 1.165) is 16.5 Å². The Morgan fingerprint density at radius 2 is 1.82 bits per heavy atom. The molecule has 4 nitrogen and oxygen atoms in total. The fourth-order valence-electron chi connectivity index (χ4n) is 2.32. The quantitative estimate of drug-likeness (QED) is 0.752. The van der Waals surface area contributed by atoms with Crippen molar-refractivity contribution in [3.63, 3.8) is 0 Å². The number of rotatable bonds is 4. The van der Waals surface area contributed by atoms with Crippen molar-refractivity contribution in [2.45, 2.75) is 6.54 Å². The van der Waals surface area contributed by atoms with E-state index in [1.807, 2.05) is 54.6 Å². The first-order valence-electron chi connectivity index (χ1n) is 7.12. The second-order valence-electron chi connectivity index (χ2n) is 4.99. The summed E-state index contributed by atoms with van der Waals surface area (Å²) >= 11 is 0. The van der Waals surface area contributed by atoms with Crippen LogP contribution >= 0.6 is 0 Å². The molecule has 0 saturated carbocycles. The van der Waals surface area contributed by atoms with Gasteiger partial charge in [0.1, 0.15) is 0 Å². The maximum Gasteiger partial charge on any atom is 0.274 e. The summed E-state index contributed by atoms with van der Waals surface area (Å²) in [4.78, 5) is 12.2. The Labute approximate surface area is 128 Å². The Morgan fingerprint density at radius 1 is 1.05 bits per heavy atom. The molecular weight excluding hydrogens is 276 g/mol. The predicted molar refractivity (Wildman–Crippen MR) is 88.5 cm³/mol. The number of aromatic nitrogens is 2. The van der Waals surface area contributed by atoms with E-state index in [9.17, 15) is 4.79 Å². The molecule has 110 valence electrons. The number of nitrogens with zero attached hydrogens (tertiary/aromatic N) is 2. The maximum absolute atomic E-state index is 12.2. The van der Waals surface area contributed by atoms with Gasteiger partial charge in [0.25, 0.3) is 5.56 Å². The molecule has 0 aliphatic carbocycles. The largest absolute Gasteiger partial charge is 0.394 e. The smallest absolute Gasteiger partial charge is 0.274 e. The Hall–Kier alpha value is -2.72. The van der Waals surface area contributed by atoms with Crippen molar-refractivity contribution in [3.05, 3.63) is 76.2 Å². The van der Waals surface area contributed by atoms with Crippen LogP contribution in [0.15, 0.2) is 59.5 Å². The van der Waals surface area contributed by atoms with Gasteiger partial charge in [-0.1, -0.05) is 48.6 Å². The summed E-state index contributed by atoms with van der Waals surface area (Å²) in [7, 11) is 0. The molecule has 0 bridgehead atoms. The molecule has 0 amide bonds. The summed E-state index contributed by atoms with van der Waals surface area (Å²) in [6.45, 7) is 0.112. The zero-order chi connectivity index (χ0) is 15.4. The Morgan fingerprint density at radius 3 is 2.59 bits per heavy atom. The van der Waals surface area contributed by atoms with Gasteiger partial charge in [0.05, 0.1) is 24.7 Å². The lowest BCUT2D eigenvalue weighted by Gasteiger charge is -2.04. The molecule has 4 heteroatoms. The van der Waals surface area contributed by atoms with E-state index >= 15 is 0 Å². The SMILES string of the molecule is O=c1c2ccc(C=Cc3ccccc3)cc2cnn1CCO. The van der Waals surface area contributed by atoms with Gasteiger partial charge in [-0.05, 0) is 23.3 Å². The van der Waals surface area contributed by atoms with Gasteiger partial charge in [0, 0.05) is 5.39 Å². The third-order valence-electron chi connectivity index (χ3n) is 3.46. The molecular formula is C18H16N2O2. The standard InChI is InChI=1S/C18H16N2O2/c21-11-10-20-18(22)17-9-8-15(12-16(17)13-19-20)7-6-14-4-2-1-3-5-14/h1-9,12-13,21H,10-11H2. The Kier molecular flexibility index (Phi) is 4.12. The molecule has 0 unspecified atom stereocenters. The minimum absolute atomic E-state index is 0.101. The third kappa shape index (κ3) is 2.97. The zero-order valence-corrected chi connectivity index (χ0v) is 12.0. The molecule has 22 heavy (non-hydrogen) atoms. The van der Waals surface area contributed by atoms with E-state index < -0.39 is 0 Å². The summed E-state index contributed by atoms with van der Waals surface area (Å²) in [6.07, 6.45) is 5.70. The summed E-state index contributed by atoms with van der Waals surface area (Å²) in [5.41, 5.74) is 1.96. The molecule has 0 saturated heterocycles. The van der Waals surface area contributed by atoms with Crippen LogP contribution in [0.5, 0.6) is 0 Å². The van der Waals surface area contributed by atoms with Gasteiger partial charge in [0.2, 0.25) is 0 Å². The van der Waals surface area contributed by atoms with Crippen molar-refractivity contribution in [3.8, 4) is 0 Å². The molecule has 0 fully saturated rings. The second kappa shape index (κ2) is 6.37. The van der Waals surface area contributed by atoms with Crippen LogP contribution in [0.1, 0.15) is 11.1 Å². The summed E-state index contributed by atoms with van der Waals surface area (Å²) in [5.74, 6) is 0. The van der Waals surface area contributed by atoms with Crippen molar-refractivity contribution >= 4 is 22.9 Å². The number of fused-ring (bicyclic) bond motifs is 1. The normalized spacial score (nSPS) is 11.3. The van der Waals surface area contributed by atoms with Crippen molar-refractivity contribution in [1.82, 2.24) is 9.78 Å². The predicted octanol–water partition coefficient (Wildman–Crippen LogP) is 2.56. The fourth-order valence-corrected chi connectivity index (χ4v) is 2.32. The summed E-state index contributed by atoms with van der Waals surface area (Å²) in [6, 6.07) is 15.7.